The van der Waals surface area contributed by atoms with Crippen molar-refractivity contribution in [1.82, 2.24) is 0 Å². The van der Waals surface area contributed by atoms with Crippen LogP contribution in [-0.4, -0.2) is 27.8 Å². The van der Waals surface area contributed by atoms with Crippen LogP contribution in [0.15, 0.2) is 0 Å². The molecule has 0 rings (SSSR count). The van der Waals surface area contributed by atoms with Crippen LogP contribution in [0.4, 0.5) is 0 Å². The van der Waals surface area contributed by atoms with Gasteiger partial charge in [-0.1, -0.05) is 0 Å². The molecule has 0 aliphatic carbocycles. The first-order chi connectivity index (χ1) is 4.95. The van der Waals surface area contributed by atoms with Gasteiger partial charge >= 0.3 is 19.6 Å². The summed E-state index contributed by atoms with van der Waals surface area (Å²) in [6, 6.07) is 0. The summed E-state index contributed by atoms with van der Waals surface area (Å²) in [5.41, 5.74) is -1.82. The molecule has 0 heterocycles. The molecule has 0 aromatic carbocycles. The van der Waals surface area contributed by atoms with Gasteiger partial charge in [-0.15, -0.1) is 0 Å². The third kappa shape index (κ3) is 3.52. The Morgan fingerprint density at radius 2 is 1.73 bits per heavy atom. The quantitative estimate of drug-likeness (QED) is 0.593. The minimum atomic E-state index is -3.22. The fraction of sp³-hybridized carbons (Fsp3) is 0.500. The summed E-state index contributed by atoms with van der Waals surface area (Å²) in [7, 11) is -3.22. The SMILES string of the molecule is O=C(O)CC(C(=O)O)P(=O)=O. The van der Waals surface area contributed by atoms with Crippen molar-refractivity contribution in [3.8, 4) is 0 Å². The highest BCUT2D eigenvalue weighted by molar-refractivity contribution is 7.33. The summed E-state index contributed by atoms with van der Waals surface area (Å²) in [4.78, 5) is 19.9. The van der Waals surface area contributed by atoms with Crippen molar-refractivity contribution < 1.29 is 28.9 Å². The summed E-state index contributed by atoms with van der Waals surface area (Å²) in [6.45, 7) is 0. The monoisotopic (exact) mass is 180 g/mol. The number of aliphatic carboxylic acids is 2. The van der Waals surface area contributed by atoms with Crippen molar-refractivity contribution in [3.63, 3.8) is 0 Å². The van der Waals surface area contributed by atoms with Crippen LogP contribution in [-0.2, 0) is 18.7 Å². The van der Waals surface area contributed by atoms with Crippen molar-refractivity contribution >= 4 is 19.6 Å². The summed E-state index contributed by atoms with van der Waals surface area (Å²) in [6.07, 6.45) is -0.895. The van der Waals surface area contributed by atoms with E-state index in [1.54, 1.807) is 0 Å². The first-order valence-corrected chi connectivity index (χ1v) is 3.78. The van der Waals surface area contributed by atoms with E-state index >= 15 is 0 Å². The summed E-state index contributed by atoms with van der Waals surface area (Å²) < 4.78 is 20.1. The molecular weight excluding hydrogens is 175 g/mol. The summed E-state index contributed by atoms with van der Waals surface area (Å²) in [5, 5.41) is 16.2. The van der Waals surface area contributed by atoms with Gasteiger partial charge in [0.2, 0.25) is 0 Å². The van der Waals surface area contributed by atoms with Crippen molar-refractivity contribution in [2.75, 3.05) is 0 Å². The number of carboxylic acid groups (broad SMARTS) is 2. The molecule has 0 aromatic heterocycles. The maximum Gasteiger partial charge on any atom is 0.330 e. The first kappa shape index (κ1) is 9.84. The zero-order valence-corrected chi connectivity index (χ0v) is 6.15. The van der Waals surface area contributed by atoms with Crippen LogP contribution in [0.25, 0.3) is 0 Å². The number of carboxylic acids is 2. The van der Waals surface area contributed by atoms with Crippen LogP contribution in [0.2, 0.25) is 0 Å². The van der Waals surface area contributed by atoms with E-state index in [1.807, 2.05) is 0 Å². The molecule has 0 spiro atoms. The molecule has 11 heavy (non-hydrogen) atoms. The lowest BCUT2D eigenvalue weighted by molar-refractivity contribution is -0.143. The second-order valence-electron chi connectivity index (χ2n) is 1.74. The van der Waals surface area contributed by atoms with Crippen molar-refractivity contribution in [2.24, 2.45) is 0 Å². The lowest BCUT2D eigenvalue weighted by atomic mass is 10.3. The van der Waals surface area contributed by atoms with Crippen LogP contribution in [0.5, 0.6) is 0 Å². The lowest BCUT2D eigenvalue weighted by Crippen LogP contribution is -2.18. The third-order valence-electron chi connectivity index (χ3n) is 0.908. The number of rotatable bonds is 4. The Morgan fingerprint density at radius 1 is 1.27 bits per heavy atom. The van der Waals surface area contributed by atoms with Gasteiger partial charge < -0.3 is 10.2 Å². The standard InChI is InChI=1S/C4H5O6P/c5-3(6)1-2(4(7)8)11(9)10/h2H,1H2,(H,5,6)(H,7,8). The van der Waals surface area contributed by atoms with Gasteiger partial charge in [0.05, 0.1) is 6.42 Å². The van der Waals surface area contributed by atoms with Gasteiger partial charge in [-0.2, -0.15) is 0 Å². The minimum absolute atomic E-state index is 0.895. The van der Waals surface area contributed by atoms with Crippen LogP contribution in [0, 0.1) is 0 Å². The molecule has 0 radical (unpaired) electrons. The Labute approximate surface area is 61.7 Å². The molecule has 0 bridgehead atoms. The molecule has 1 atom stereocenters. The molecule has 0 aliphatic heterocycles. The van der Waals surface area contributed by atoms with E-state index in [2.05, 4.69) is 0 Å². The summed E-state index contributed by atoms with van der Waals surface area (Å²) >= 11 is 0. The van der Waals surface area contributed by atoms with Gasteiger partial charge in [-0.25, -0.2) is 9.13 Å². The normalized spacial score (nSPS) is 12.0. The zero-order chi connectivity index (χ0) is 9.02. The second kappa shape index (κ2) is 3.88. The van der Waals surface area contributed by atoms with Crippen LogP contribution in [0.1, 0.15) is 6.42 Å². The molecule has 0 aromatic rings. The van der Waals surface area contributed by atoms with E-state index in [1.165, 1.54) is 0 Å². The smallest absolute Gasteiger partial charge is 0.330 e. The minimum Gasteiger partial charge on any atom is -0.481 e. The topological polar surface area (TPSA) is 109 Å². The highest BCUT2D eigenvalue weighted by atomic mass is 31.1. The highest BCUT2D eigenvalue weighted by Crippen LogP contribution is 2.17. The zero-order valence-electron chi connectivity index (χ0n) is 5.26. The van der Waals surface area contributed by atoms with E-state index in [4.69, 9.17) is 10.2 Å². The van der Waals surface area contributed by atoms with Crippen molar-refractivity contribution in [2.45, 2.75) is 12.1 Å². The molecule has 2 N–H and O–H groups in total. The fourth-order valence-corrected chi connectivity index (χ4v) is 0.903. The van der Waals surface area contributed by atoms with E-state index in [0.717, 1.165) is 0 Å². The predicted molar refractivity (Wildman–Crippen MR) is 32.0 cm³/mol. The molecule has 7 heteroatoms. The van der Waals surface area contributed by atoms with E-state index in [0.29, 0.717) is 0 Å². The molecule has 0 aliphatic rings. The number of carbonyl (C=O) groups is 2. The third-order valence-corrected chi connectivity index (χ3v) is 1.82. The first-order valence-electron chi connectivity index (χ1n) is 2.53. The molecule has 0 saturated carbocycles. The molecule has 0 fully saturated rings. The Kier molecular flexibility index (Phi) is 3.47. The maximum absolute atomic E-state index is 10.1. The van der Waals surface area contributed by atoms with Crippen LogP contribution >= 0.6 is 7.68 Å². The fourth-order valence-electron chi connectivity index (χ4n) is 0.417. The Hall–Kier alpha value is -1.16. The van der Waals surface area contributed by atoms with Crippen molar-refractivity contribution in [1.29, 1.82) is 0 Å². The van der Waals surface area contributed by atoms with Gasteiger partial charge in [-0.05, 0) is 0 Å². The number of hydrogen-bond acceptors (Lipinski definition) is 4. The average Bonchev–Trinajstić information content (AvgIpc) is 1.81. The van der Waals surface area contributed by atoms with E-state index in [-0.39, 0.29) is 0 Å². The Balaban J connectivity index is 4.36. The maximum atomic E-state index is 10.1. The van der Waals surface area contributed by atoms with Crippen LogP contribution < -0.4 is 0 Å². The van der Waals surface area contributed by atoms with Crippen LogP contribution in [0.3, 0.4) is 0 Å². The molecule has 62 valence electrons. The molecule has 0 amide bonds. The van der Waals surface area contributed by atoms with Crippen molar-refractivity contribution in [3.05, 3.63) is 0 Å². The van der Waals surface area contributed by atoms with E-state index in [9.17, 15) is 18.7 Å². The molecule has 1 unspecified atom stereocenters. The molecule has 0 saturated heterocycles. The Morgan fingerprint density at radius 3 is 1.82 bits per heavy atom. The Bertz CT molecular complexity index is 233. The van der Waals surface area contributed by atoms with Gasteiger partial charge in [0, 0.05) is 0 Å². The lowest BCUT2D eigenvalue weighted by Gasteiger charge is -1.96. The van der Waals surface area contributed by atoms with Gasteiger partial charge in [0.25, 0.3) is 0 Å². The second-order valence-corrected chi connectivity index (χ2v) is 2.93. The average molecular weight is 180 g/mol. The molecule has 6 nitrogen and oxygen atoms in total. The predicted octanol–water partition coefficient (Wildman–Crippen LogP) is 0.0872. The van der Waals surface area contributed by atoms with Gasteiger partial charge in [-0.3, -0.25) is 9.59 Å². The number of hydrogen-bond donors (Lipinski definition) is 2. The van der Waals surface area contributed by atoms with Gasteiger partial charge in [0.1, 0.15) is 0 Å². The molecular formula is C4H5O6P. The largest absolute Gasteiger partial charge is 0.481 e. The highest BCUT2D eigenvalue weighted by Gasteiger charge is 2.26. The summed E-state index contributed by atoms with van der Waals surface area (Å²) in [5.74, 6) is -3.08. The van der Waals surface area contributed by atoms with E-state index < -0.39 is 31.7 Å². The van der Waals surface area contributed by atoms with Gasteiger partial charge in [0.15, 0.2) is 5.66 Å².